The summed E-state index contributed by atoms with van der Waals surface area (Å²) in [5.74, 6) is 0.104. The topological polar surface area (TPSA) is 114 Å². The summed E-state index contributed by atoms with van der Waals surface area (Å²) in [4.78, 5) is 43.6. The quantitative estimate of drug-likeness (QED) is 0.474. The normalized spacial score (nSPS) is 28.2. The molecule has 2 fully saturated rings. The average molecular weight is 421 g/mol. The highest BCUT2D eigenvalue weighted by Gasteiger charge is 2.40. The van der Waals surface area contributed by atoms with Gasteiger partial charge in [0.1, 0.15) is 0 Å². The summed E-state index contributed by atoms with van der Waals surface area (Å²) in [6.07, 6.45) is 2.92. The number of guanidine groups is 1. The molecule has 2 saturated heterocycles. The zero-order valence-electron chi connectivity index (χ0n) is 13.1. The molecule has 0 spiro atoms. The summed E-state index contributed by atoms with van der Waals surface area (Å²) >= 11 is 1.88. The maximum atomic E-state index is 11.7. The Hall–Kier alpha value is -1.29. The molecule has 3 aliphatic rings. The first-order valence-electron chi connectivity index (χ1n) is 7.82. The fourth-order valence-electron chi connectivity index (χ4n) is 3.05. The fourth-order valence-corrected chi connectivity index (χ4v) is 4.56. The number of imide groups is 1. The van der Waals surface area contributed by atoms with Crippen molar-refractivity contribution in [1.82, 2.24) is 10.4 Å². The number of nitrogens with one attached hydrogen (secondary N) is 1. The van der Waals surface area contributed by atoms with E-state index in [1.807, 2.05) is 11.8 Å². The second-order valence-corrected chi connectivity index (χ2v) is 7.19. The number of nitrogens with two attached hydrogens (primary N) is 1. The Labute approximate surface area is 154 Å². The Morgan fingerprint density at radius 3 is 2.75 bits per heavy atom. The summed E-state index contributed by atoms with van der Waals surface area (Å²) in [7, 11) is 0. The Bertz CT molecular complexity index is 543. The number of unbranched alkanes of at least 4 members (excludes halogenated alkanes) is 1. The molecule has 2 amide bonds. The Kier molecular flexibility index (Phi) is 6.50. The monoisotopic (exact) mass is 420 g/mol. The molecule has 0 aliphatic carbocycles. The summed E-state index contributed by atoms with van der Waals surface area (Å²) in [5.41, 5.74) is 5.69. The molecule has 10 heteroatoms. The van der Waals surface area contributed by atoms with E-state index in [2.05, 4.69) is 10.3 Å². The van der Waals surface area contributed by atoms with Gasteiger partial charge in [0.25, 0.3) is 11.8 Å². The molecule has 0 aromatic rings. The summed E-state index contributed by atoms with van der Waals surface area (Å²) in [6.45, 7) is 0. The van der Waals surface area contributed by atoms with Gasteiger partial charge < -0.3 is 15.9 Å². The van der Waals surface area contributed by atoms with Gasteiger partial charge in [0.2, 0.25) is 0 Å². The van der Waals surface area contributed by atoms with Crippen molar-refractivity contribution in [1.29, 1.82) is 0 Å². The van der Waals surface area contributed by atoms with Crippen molar-refractivity contribution in [3.05, 3.63) is 0 Å². The first-order chi connectivity index (χ1) is 11.0. The van der Waals surface area contributed by atoms with E-state index in [-0.39, 0.29) is 42.3 Å². The standard InChI is InChI=1S/C14H20N4O4S.BrH/c15-14-16-8-7-23-9(13(8)17-14)3-1-2-4-12(21)22-18-10(19)5-6-11(18)20;/h8-9,13H,1-7H2,(H3,15,16,17);1H/t8-,9-,13-;/m1./s1. The Morgan fingerprint density at radius 1 is 1.33 bits per heavy atom. The second kappa shape index (κ2) is 8.19. The zero-order valence-corrected chi connectivity index (χ0v) is 15.6. The third-order valence-corrected chi connectivity index (χ3v) is 5.72. The van der Waals surface area contributed by atoms with Crippen molar-refractivity contribution in [2.45, 2.75) is 55.9 Å². The molecule has 134 valence electrons. The number of hydrogen-bond donors (Lipinski definition) is 2. The van der Waals surface area contributed by atoms with Crippen LogP contribution in [0.4, 0.5) is 0 Å². The zero-order chi connectivity index (χ0) is 16.4. The van der Waals surface area contributed by atoms with Gasteiger partial charge in [0, 0.05) is 30.3 Å². The first kappa shape index (κ1) is 19.0. The minimum Gasteiger partial charge on any atom is -0.370 e. The predicted molar refractivity (Wildman–Crippen MR) is 94.5 cm³/mol. The molecule has 0 bridgehead atoms. The van der Waals surface area contributed by atoms with Crippen LogP contribution in [0.3, 0.4) is 0 Å². The lowest BCUT2D eigenvalue weighted by Gasteiger charge is -2.15. The summed E-state index contributed by atoms with van der Waals surface area (Å²) < 4.78 is 0. The molecule has 3 rings (SSSR count). The van der Waals surface area contributed by atoms with E-state index < -0.39 is 17.8 Å². The number of carbonyl (C=O) groups excluding carboxylic acids is 3. The van der Waals surface area contributed by atoms with E-state index in [0.29, 0.717) is 28.7 Å². The molecule has 0 unspecified atom stereocenters. The van der Waals surface area contributed by atoms with Crippen molar-refractivity contribution in [3.63, 3.8) is 0 Å². The fraction of sp³-hybridized carbons (Fsp3) is 0.714. The largest absolute Gasteiger partial charge is 0.370 e. The smallest absolute Gasteiger partial charge is 0.333 e. The number of amides is 2. The number of aliphatic imine (C=N–C) groups is 1. The minimum atomic E-state index is -0.532. The van der Waals surface area contributed by atoms with Gasteiger partial charge in [0.05, 0.1) is 12.1 Å². The highest BCUT2D eigenvalue weighted by molar-refractivity contribution is 8.93. The van der Waals surface area contributed by atoms with Crippen molar-refractivity contribution >= 4 is 52.5 Å². The molecule has 0 aromatic carbocycles. The van der Waals surface area contributed by atoms with Crippen LogP contribution in [-0.2, 0) is 19.2 Å². The van der Waals surface area contributed by atoms with Gasteiger partial charge in [-0.25, -0.2) is 9.79 Å². The number of nitrogens with zero attached hydrogens (tertiary/aromatic N) is 2. The molecule has 0 saturated carbocycles. The van der Waals surface area contributed by atoms with Gasteiger partial charge >= 0.3 is 5.97 Å². The number of carbonyl (C=O) groups is 3. The molecule has 3 atom stereocenters. The van der Waals surface area contributed by atoms with Gasteiger partial charge in [-0.2, -0.15) is 11.8 Å². The lowest BCUT2D eigenvalue weighted by Crippen LogP contribution is -2.38. The van der Waals surface area contributed by atoms with Crippen LogP contribution in [0, 0.1) is 0 Å². The van der Waals surface area contributed by atoms with Crippen LogP contribution in [0.25, 0.3) is 0 Å². The van der Waals surface area contributed by atoms with Gasteiger partial charge in [-0.1, -0.05) is 6.42 Å². The maximum absolute atomic E-state index is 11.7. The van der Waals surface area contributed by atoms with Crippen LogP contribution in [-0.4, -0.2) is 51.9 Å². The van der Waals surface area contributed by atoms with Crippen molar-refractivity contribution in [2.24, 2.45) is 10.7 Å². The van der Waals surface area contributed by atoms with Crippen molar-refractivity contribution in [3.8, 4) is 0 Å². The molecular weight excluding hydrogens is 400 g/mol. The van der Waals surface area contributed by atoms with Crippen molar-refractivity contribution < 1.29 is 19.2 Å². The summed E-state index contributed by atoms with van der Waals surface area (Å²) in [5, 5.41) is 4.19. The van der Waals surface area contributed by atoms with Crippen LogP contribution in [0.2, 0.25) is 0 Å². The van der Waals surface area contributed by atoms with Crippen molar-refractivity contribution in [2.75, 3.05) is 5.75 Å². The number of thioether (sulfide) groups is 1. The van der Waals surface area contributed by atoms with Crippen LogP contribution < -0.4 is 11.1 Å². The number of hydrogen-bond acceptors (Lipinski definition) is 8. The van der Waals surface area contributed by atoms with Gasteiger partial charge in [-0.15, -0.1) is 22.0 Å². The van der Waals surface area contributed by atoms with Crippen LogP contribution in [0.15, 0.2) is 4.99 Å². The average Bonchev–Trinajstić information content (AvgIpc) is 3.14. The van der Waals surface area contributed by atoms with E-state index in [0.717, 1.165) is 18.6 Å². The van der Waals surface area contributed by atoms with E-state index in [9.17, 15) is 14.4 Å². The van der Waals surface area contributed by atoms with Crippen LogP contribution >= 0.6 is 28.7 Å². The molecular formula is C14H21BrN4O4S. The van der Waals surface area contributed by atoms with E-state index in [1.165, 1.54) is 0 Å². The van der Waals surface area contributed by atoms with Gasteiger partial charge in [-0.05, 0) is 12.8 Å². The molecule has 3 N–H and O–H groups in total. The third-order valence-electron chi connectivity index (χ3n) is 4.22. The molecule has 0 aromatic heterocycles. The highest BCUT2D eigenvalue weighted by atomic mass is 79.9. The Morgan fingerprint density at radius 2 is 2.04 bits per heavy atom. The highest BCUT2D eigenvalue weighted by Crippen LogP contribution is 2.35. The predicted octanol–water partition coefficient (Wildman–Crippen LogP) is 0.502. The number of rotatable bonds is 6. The third kappa shape index (κ3) is 4.21. The van der Waals surface area contributed by atoms with Crippen LogP contribution in [0.5, 0.6) is 0 Å². The minimum absolute atomic E-state index is 0. The van der Waals surface area contributed by atoms with E-state index >= 15 is 0 Å². The van der Waals surface area contributed by atoms with E-state index in [4.69, 9.17) is 10.6 Å². The Balaban J connectivity index is 0.00000208. The number of hydroxylamine groups is 2. The summed E-state index contributed by atoms with van der Waals surface area (Å²) in [6, 6.07) is 0.564. The molecule has 3 aliphatic heterocycles. The SMILES string of the molecule is Br.NC1=N[C@@H]2[C@@H](CS[C@@H]2CCCCC(=O)ON2C(=O)CCC2=O)N1. The molecule has 8 nitrogen and oxygen atoms in total. The molecule has 3 heterocycles. The maximum Gasteiger partial charge on any atom is 0.333 e. The molecule has 24 heavy (non-hydrogen) atoms. The lowest BCUT2D eigenvalue weighted by molar-refractivity contribution is -0.197. The lowest BCUT2D eigenvalue weighted by atomic mass is 10.0. The number of fused-ring (bicyclic) bond motifs is 1. The van der Waals surface area contributed by atoms with Crippen LogP contribution in [0.1, 0.15) is 38.5 Å². The number of halogens is 1. The van der Waals surface area contributed by atoms with Gasteiger partial charge in [0.15, 0.2) is 5.96 Å². The molecule has 0 radical (unpaired) electrons. The van der Waals surface area contributed by atoms with E-state index in [1.54, 1.807) is 0 Å². The van der Waals surface area contributed by atoms with Gasteiger partial charge in [-0.3, -0.25) is 9.59 Å². The second-order valence-electron chi connectivity index (χ2n) is 5.92. The first-order valence-corrected chi connectivity index (χ1v) is 8.87.